The van der Waals surface area contributed by atoms with E-state index in [0.29, 0.717) is 5.75 Å². The summed E-state index contributed by atoms with van der Waals surface area (Å²) < 4.78 is 1.81. The van der Waals surface area contributed by atoms with Crippen LogP contribution in [0, 0.1) is 20.8 Å². The molecule has 4 heteroatoms. The third kappa shape index (κ3) is 3.26. The number of carbonyl (C=O) groups excluding carboxylic acids is 1. The monoisotopic (exact) mass is 274 g/mol. The number of nitrogens with zero attached hydrogens (tertiary/aromatic N) is 2. The van der Waals surface area contributed by atoms with Crippen LogP contribution in [0.3, 0.4) is 0 Å². The summed E-state index contributed by atoms with van der Waals surface area (Å²) in [6.07, 6.45) is 0. The maximum atomic E-state index is 12.1. The number of hydrogen-bond acceptors (Lipinski definition) is 3. The number of benzene rings is 1. The zero-order valence-electron chi connectivity index (χ0n) is 11.7. The molecule has 19 heavy (non-hydrogen) atoms. The predicted molar refractivity (Wildman–Crippen MR) is 78.9 cm³/mol. The SMILES string of the molecule is Cc1cc(SCC(=O)c2ccc(C)c(C)c2)n(C)n1. The molecule has 1 aromatic heterocycles. The molecule has 0 radical (unpaired) electrons. The number of ketones is 1. The standard InChI is InChI=1S/C15H18N2OS/c1-10-5-6-13(7-11(10)2)14(18)9-19-15-8-12(3)16-17(15)4/h5-8H,9H2,1-4H3. The van der Waals surface area contributed by atoms with Crippen molar-refractivity contribution in [2.24, 2.45) is 7.05 Å². The van der Waals surface area contributed by atoms with Crippen molar-refractivity contribution < 1.29 is 4.79 Å². The van der Waals surface area contributed by atoms with Crippen LogP contribution in [0.4, 0.5) is 0 Å². The van der Waals surface area contributed by atoms with Gasteiger partial charge in [0.2, 0.25) is 0 Å². The molecule has 0 saturated heterocycles. The van der Waals surface area contributed by atoms with Crippen molar-refractivity contribution in [3.63, 3.8) is 0 Å². The summed E-state index contributed by atoms with van der Waals surface area (Å²) in [6.45, 7) is 6.04. The Kier molecular flexibility index (Phi) is 4.10. The fourth-order valence-corrected chi connectivity index (χ4v) is 2.79. The van der Waals surface area contributed by atoms with Crippen LogP contribution in [-0.2, 0) is 7.05 Å². The second-order valence-electron chi connectivity index (χ2n) is 4.76. The van der Waals surface area contributed by atoms with Gasteiger partial charge in [0.1, 0.15) is 0 Å². The molecule has 2 rings (SSSR count). The summed E-state index contributed by atoms with van der Waals surface area (Å²) in [4.78, 5) is 12.1. The van der Waals surface area contributed by atoms with Gasteiger partial charge in [0, 0.05) is 12.6 Å². The molecule has 0 spiro atoms. The Labute approximate surface area is 118 Å². The number of thioether (sulfide) groups is 1. The van der Waals surface area contributed by atoms with Crippen LogP contribution in [-0.4, -0.2) is 21.3 Å². The summed E-state index contributed by atoms with van der Waals surface area (Å²) in [5.74, 6) is 0.605. The molecule has 1 heterocycles. The molecule has 3 nitrogen and oxygen atoms in total. The van der Waals surface area contributed by atoms with Crippen molar-refractivity contribution in [2.75, 3.05) is 5.75 Å². The second-order valence-corrected chi connectivity index (χ2v) is 5.75. The minimum atomic E-state index is 0.159. The molecule has 0 aliphatic carbocycles. The molecule has 0 fully saturated rings. The average Bonchev–Trinajstić information content (AvgIpc) is 2.68. The number of hydrogen-bond donors (Lipinski definition) is 0. The van der Waals surface area contributed by atoms with Crippen molar-refractivity contribution in [1.82, 2.24) is 9.78 Å². The van der Waals surface area contributed by atoms with E-state index in [1.54, 1.807) is 0 Å². The van der Waals surface area contributed by atoms with Crippen molar-refractivity contribution in [3.05, 3.63) is 46.6 Å². The second kappa shape index (κ2) is 5.61. The Bertz CT molecular complexity index is 617. The van der Waals surface area contributed by atoms with E-state index in [1.165, 1.54) is 17.3 Å². The molecule has 0 amide bonds. The van der Waals surface area contributed by atoms with Gasteiger partial charge in [-0.2, -0.15) is 5.10 Å². The molecule has 1 aromatic carbocycles. The third-order valence-corrected chi connectivity index (χ3v) is 4.22. The van der Waals surface area contributed by atoms with Gasteiger partial charge in [-0.25, -0.2) is 0 Å². The molecule has 0 bridgehead atoms. The molecule has 0 unspecified atom stereocenters. The Morgan fingerprint density at radius 1 is 1.21 bits per heavy atom. The lowest BCUT2D eigenvalue weighted by Gasteiger charge is -2.05. The van der Waals surface area contributed by atoms with Crippen LogP contribution in [0.25, 0.3) is 0 Å². The van der Waals surface area contributed by atoms with Crippen LogP contribution < -0.4 is 0 Å². The van der Waals surface area contributed by atoms with Crippen molar-refractivity contribution in [3.8, 4) is 0 Å². The first-order valence-electron chi connectivity index (χ1n) is 6.21. The van der Waals surface area contributed by atoms with Crippen LogP contribution in [0.1, 0.15) is 27.2 Å². The van der Waals surface area contributed by atoms with E-state index >= 15 is 0 Å². The molecule has 0 N–H and O–H groups in total. The van der Waals surface area contributed by atoms with Crippen LogP contribution in [0.5, 0.6) is 0 Å². The number of carbonyl (C=O) groups is 1. The smallest absolute Gasteiger partial charge is 0.173 e. The van der Waals surface area contributed by atoms with E-state index < -0.39 is 0 Å². The fraction of sp³-hybridized carbons (Fsp3) is 0.333. The topological polar surface area (TPSA) is 34.9 Å². The van der Waals surface area contributed by atoms with Crippen molar-refractivity contribution >= 4 is 17.5 Å². The largest absolute Gasteiger partial charge is 0.293 e. The summed E-state index contributed by atoms with van der Waals surface area (Å²) >= 11 is 1.53. The summed E-state index contributed by atoms with van der Waals surface area (Å²) in [5.41, 5.74) is 4.14. The number of rotatable bonds is 4. The first kappa shape index (κ1) is 13.9. The molecule has 2 aromatic rings. The van der Waals surface area contributed by atoms with Crippen LogP contribution in [0.2, 0.25) is 0 Å². The van der Waals surface area contributed by atoms with Gasteiger partial charge >= 0.3 is 0 Å². The summed E-state index contributed by atoms with van der Waals surface area (Å²) in [7, 11) is 1.90. The summed E-state index contributed by atoms with van der Waals surface area (Å²) in [5, 5.41) is 5.29. The highest BCUT2D eigenvalue weighted by molar-refractivity contribution is 7.99. The summed E-state index contributed by atoms with van der Waals surface area (Å²) in [6, 6.07) is 7.87. The highest BCUT2D eigenvalue weighted by atomic mass is 32.2. The van der Waals surface area contributed by atoms with E-state index in [4.69, 9.17) is 0 Å². The van der Waals surface area contributed by atoms with Crippen LogP contribution >= 0.6 is 11.8 Å². The minimum absolute atomic E-state index is 0.159. The number of Topliss-reactive ketones (excluding diaryl/α,β-unsaturated/α-hetero) is 1. The number of aromatic nitrogens is 2. The Balaban J connectivity index is 2.05. The van der Waals surface area contributed by atoms with Gasteiger partial charge in [-0.3, -0.25) is 9.48 Å². The van der Waals surface area contributed by atoms with E-state index in [2.05, 4.69) is 12.0 Å². The van der Waals surface area contributed by atoms with Gasteiger partial charge in [0.15, 0.2) is 5.78 Å². The fourth-order valence-electron chi connectivity index (χ4n) is 1.86. The normalized spacial score (nSPS) is 10.7. The van der Waals surface area contributed by atoms with Gasteiger partial charge in [0.05, 0.1) is 16.5 Å². The third-order valence-electron chi connectivity index (χ3n) is 3.14. The molecule has 0 aliphatic rings. The first-order chi connectivity index (χ1) is 8.97. The van der Waals surface area contributed by atoms with Gasteiger partial charge in [-0.1, -0.05) is 23.9 Å². The first-order valence-corrected chi connectivity index (χ1v) is 7.20. The minimum Gasteiger partial charge on any atom is -0.293 e. The Hall–Kier alpha value is -1.55. The van der Waals surface area contributed by atoms with E-state index in [9.17, 15) is 4.79 Å². The van der Waals surface area contributed by atoms with E-state index in [1.807, 2.05) is 49.8 Å². The van der Waals surface area contributed by atoms with Gasteiger partial charge in [-0.05, 0) is 44.0 Å². The maximum Gasteiger partial charge on any atom is 0.173 e. The predicted octanol–water partition coefficient (Wildman–Crippen LogP) is 3.32. The average molecular weight is 274 g/mol. The Morgan fingerprint density at radius 2 is 1.95 bits per heavy atom. The van der Waals surface area contributed by atoms with Crippen molar-refractivity contribution in [1.29, 1.82) is 0 Å². The molecular weight excluding hydrogens is 256 g/mol. The zero-order valence-corrected chi connectivity index (χ0v) is 12.5. The quantitative estimate of drug-likeness (QED) is 0.633. The van der Waals surface area contributed by atoms with Gasteiger partial charge < -0.3 is 0 Å². The molecule has 100 valence electrons. The molecule has 0 aliphatic heterocycles. The lowest BCUT2D eigenvalue weighted by atomic mass is 10.0. The van der Waals surface area contributed by atoms with E-state index in [-0.39, 0.29) is 5.78 Å². The molecule has 0 saturated carbocycles. The van der Waals surface area contributed by atoms with Gasteiger partial charge in [-0.15, -0.1) is 0 Å². The lowest BCUT2D eigenvalue weighted by molar-refractivity contribution is 0.102. The highest BCUT2D eigenvalue weighted by Crippen LogP contribution is 2.20. The maximum absolute atomic E-state index is 12.1. The van der Waals surface area contributed by atoms with Gasteiger partial charge in [0.25, 0.3) is 0 Å². The Morgan fingerprint density at radius 3 is 2.53 bits per heavy atom. The van der Waals surface area contributed by atoms with Crippen molar-refractivity contribution in [2.45, 2.75) is 25.8 Å². The molecule has 0 atom stereocenters. The van der Waals surface area contributed by atoms with E-state index in [0.717, 1.165) is 21.8 Å². The highest BCUT2D eigenvalue weighted by Gasteiger charge is 2.10. The lowest BCUT2D eigenvalue weighted by Crippen LogP contribution is -2.04. The van der Waals surface area contributed by atoms with Crippen LogP contribution in [0.15, 0.2) is 29.3 Å². The molecular formula is C15H18N2OS. The zero-order chi connectivity index (χ0) is 14.0. The number of aryl methyl sites for hydroxylation is 4.